The van der Waals surface area contributed by atoms with Gasteiger partial charge in [0.05, 0.1) is 10.6 Å². The lowest BCUT2D eigenvalue weighted by atomic mass is 9.87. The van der Waals surface area contributed by atoms with E-state index in [2.05, 4.69) is 33.8 Å². The highest BCUT2D eigenvalue weighted by Crippen LogP contribution is 2.38. The smallest absolute Gasteiger partial charge is 0.251 e. The van der Waals surface area contributed by atoms with Gasteiger partial charge >= 0.3 is 0 Å². The molecule has 0 saturated heterocycles. The van der Waals surface area contributed by atoms with Crippen molar-refractivity contribution in [2.75, 3.05) is 11.1 Å². The molecule has 2 aromatic heterocycles. The topological polar surface area (TPSA) is 88.9 Å². The maximum absolute atomic E-state index is 12.5. The Morgan fingerprint density at radius 1 is 1.21 bits per heavy atom. The number of thiophene rings is 1. The van der Waals surface area contributed by atoms with E-state index in [0.29, 0.717) is 22.4 Å². The first kappa shape index (κ1) is 23.1. The quantitative estimate of drug-likeness (QED) is 0.443. The molecule has 1 fully saturated rings. The molecule has 1 saturated carbocycles. The predicted octanol–water partition coefficient (Wildman–Crippen LogP) is 4.68. The van der Waals surface area contributed by atoms with E-state index in [1.807, 2.05) is 23.0 Å². The van der Waals surface area contributed by atoms with Crippen LogP contribution in [0.2, 0.25) is 0 Å². The number of carbonyl (C=O) groups excluding carboxylic acids is 2. The number of amides is 2. The van der Waals surface area contributed by atoms with E-state index in [0.717, 1.165) is 42.3 Å². The highest BCUT2D eigenvalue weighted by Gasteiger charge is 2.24. The van der Waals surface area contributed by atoms with Gasteiger partial charge in [0.15, 0.2) is 11.0 Å². The summed E-state index contributed by atoms with van der Waals surface area (Å²) in [6, 6.07) is 9.61. The van der Waals surface area contributed by atoms with Gasteiger partial charge in [-0.25, -0.2) is 0 Å². The van der Waals surface area contributed by atoms with Gasteiger partial charge in [0.1, 0.15) is 0 Å². The van der Waals surface area contributed by atoms with E-state index in [9.17, 15) is 9.59 Å². The Bertz CT molecular complexity index is 1210. The lowest BCUT2D eigenvalue weighted by molar-refractivity contribution is -0.113. The van der Waals surface area contributed by atoms with E-state index < -0.39 is 0 Å². The zero-order valence-electron chi connectivity index (χ0n) is 19.5. The fourth-order valence-corrected chi connectivity index (χ4v) is 6.21. The van der Waals surface area contributed by atoms with Crippen LogP contribution in [0.15, 0.2) is 35.5 Å². The van der Waals surface area contributed by atoms with Crippen LogP contribution in [0.5, 0.6) is 0 Å². The summed E-state index contributed by atoms with van der Waals surface area (Å²) in [6.45, 7) is 2.27. The molecule has 2 N–H and O–H groups in total. The largest absolute Gasteiger partial charge is 0.349 e. The molecule has 0 aliphatic heterocycles. The van der Waals surface area contributed by atoms with Crippen molar-refractivity contribution in [3.8, 4) is 10.7 Å². The normalized spacial score (nSPS) is 17.3. The number of aryl methyl sites for hydroxylation is 1. The molecule has 1 unspecified atom stereocenters. The minimum Gasteiger partial charge on any atom is -0.349 e. The summed E-state index contributed by atoms with van der Waals surface area (Å²) in [5.41, 5.74) is 2.63. The van der Waals surface area contributed by atoms with E-state index in [1.165, 1.54) is 35.0 Å². The van der Waals surface area contributed by atoms with Gasteiger partial charge in [-0.05, 0) is 67.9 Å². The third-order valence-corrected chi connectivity index (χ3v) is 8.72. The number of nitrogens with zero attached hydrogens (tertiary/aromatic N) is 3. The first-order valence-corrected chi connectivity index (χ1v) is 13.6. The van der Waals surface area contributed by atoms with Crippen LogP contribution in [-0.2, 0) is 24.7 Å². The zero-order valence-corrected chi connectivity index (χ0v) is 21.1. The van der Waals surface area contributed by atoms with Crippen molar-refractivity contribution < 1.29 is 9.59 Å². The van der Waals surface area contributed by atoms with E-state index in [1.54, 1.807) is 24.3 Å². The lowest BCUT2D eigenvalue weighted by Gasteiger charge is -2.19. The minimum atomic E-state index is -0.147. The van der Waals surface area contributed by atoms with E-state index in [-0.39, 0.29) is 17.6 Å². The number of hydrogen-bond donors (Lipinski definition) is 2. The number of benzene rings is 1. The van der Waals surface area contributed by atoms with Crippen molar-refractivity contribution >= 4 is 40.6 Å². The van der Waals surface area contributed by atoms with Crippen molar-refractivity contribution in [1.82, 2.24) is 20.1 Å². The molecule has 1 atom stereocenters. The number of aromatic nitrogens is 3. The van der Waals surface area contributed by atoms with Crippen molar-refractivity contribution in [2.24, 2.45) is 13.0 Å². The highest BCUT2D eigenvalue weighted by atomic mass is 32.2. The zero-order chi connectivity index (χ0) is 23.7. The molecule has 0 bridgehead atoms. The SMILES string of the molecule is CCC1CCc2sc(-c3nnc(SCC(=O)Nc4cccc(C(=O)NC5CC5)c4)n3C)cc2C1. The number of thioether (sulfide) groups is 1. The van der Waals surface area contributed by atoms with Crippen molar-refractivity contribution in [1.29, 1.82) is 0 Å². The summed E-state index contributed by atoms with van der Waals surface area (Å²) >= 11 is 3.18. The first-order chi connectivity index (χ1) is 16.5. The Labute approximate surface area is 207 Å². The number of nitrogens with one attached hydrogen (secondary N) is 2. The van der Waals surface area contributed by atoms with Gasteiger partial charge < -0.3 is 15.2 Å². The standard InChI is InChI=1S/C25H29N5O2S2/c1-3-15-7-10-20-17(11-15)13-21(34-20)23-28-29-25(30(23)2)33-14-22(31)26-19-6-4-5-16(12-19)24(32)27-18-8-9-18/h4-6,12-13,15,18H,3,7-11,14H2,1-2H3,(H,26,31)(H,27,32). The van der Waals surface area contributed by atoms with Crippen LogP contribution in [0.4, 0.5) is 5.69 Å². The summed E-state index contributed by atoms with van der Waals surface area (Å²) in [7, 11) is 1.95. The lowest BCUT2D eigenvalue weighted by Crippen LogP contribution is -2.25. The van der Waals surface area contributed by atoms with Crippen molar-refractivity contribution in [3.05, 3.63) is 46.3 Å². The average Bonchev–Trinajstić information content (AvgIpc) is 3.43. The second-order valence-electron chi connectivity index (χ2n) is 9.11. The van der Waals surface area contributed by atoms with Crippen LogP contribution >= 0.6 is 23.1 Å². The van der Waals surface area contributed by atoms with Gasteiger partial charge in [0.2, 0.25) is 5.91 Å². The number of rotatable bonds is 8. The van der Waals surface area contributed by atoms with Crippen molar-refractivity contribution in [3.63, 3.8) is 0 Å². The molecule has 9 heteroatoms. The molecule has 2 aliphatic rings. The van der Waals surface area contributed by atoms with Crippen LogP contribution in [-0.4, -0.2) is 38.4 Å². The summed E-state index contributed by atoms with van der Waals surface area (Å²) in [6.07, 6.45) is 6.89. The molecular formula is C25H29N5O2S2. The Hall–Kier alpha value is -2.65. The summed E-state index contributed by atoms with van der Waals surface area (Å²) in [5.74, 6) is 1.60. The molecule has 1 aromatic carbocycles. The second kappa shape index (κ2) is 9.92. The van der Waals surface area contributed by atoms with Crippen LogP contribution in [0.1, 0.15) is 53.4 Å². The second-order valence-corrected chi connectivity index (χ2v) is 11.2. The van der Waals surface area contributed by atoms with Gasteiger partial charge in [0.25, 0.3) is 5.91 Å². The minimum absolute atomic E-state index is 0.0972. The van der Waals surface area contributed by atoms with Crippen molar-refractivity contribution in [2.45, 2.75) is 56.6 Å². The number of carbonyl (C=O) groups is 2. The van der Waals surface area contributed by atoms with Crippen LogP contribution in [0.25, 0.3) is 10.7 Å². The summed E-state index contributed by atoms with van der Waals surface area (Å²) in [5, 5.41) is 15.3. The maximum atomic E-state index is 12.5. The molecule has 0 radical (unpaired) electrons. The Balaban J connectivity index is 1.19. The monoisotopic (exact) mass is 495 g/mol. The van der Waals surface area contributed by atoms with Crippen LogP contribution in [0, 0.1) is 5.92 Å². The molecule has 178 valence electrons. The number of hydrogen-bond acceptors (Lipinski definition) is 6. The Morgan fingerprint density at radius 2 is 2.06 bits per heavy atom. The fourth-order valence-electron chi connectivity index (χ4n) is 4.27. The maximum Gasteiger partial charge on any atom is 0.251 e. The van der Waals surface area contributed by atoms with Gasteiger partial charge in [-0.3, -0.25) is 9.59 Å². The summed E-state index contributed by atoms with van der Waals surface area (Å²) in [4.78, 5) is 27.4. The van der Waals surface area contributed by atoms with Gasteiger partial charge in [-0.1, -0.05) is 31.2 Å². The highest BCUT2D eigenvalue weighted by molar-refractivity contribution is 7.99. The third-order valence-electron chi connectivity index (χ3n) is 6.47. The Kier molecular flexibility index (Phi) is 6.74. The third kappa shape index (κ3) is 5.20. The molecule has 3 aromatic rings. The Morgan fingerprint density at radius 3 is 2.85 bits per heavy atom. The van der Waals surface area contributed by atoms with Crippen LogP contribution < -0.4 is 10.6 Å². The van der Waals surface area contributed by atoms with E-state index >= 15 is 0 Å². The van der Waals surface area contributed by atoms with Gasteiger partial charge in [-0.15, -0.1) is 21.5 Å². The molecular weight excluding hydrogens is 466 g/mol. The molecule has 5 rings (SSSR count). The molecule has 2 amide bonds. The molecule has 34 heavy (non-hydrogen) atoms. The molecule has 0 spiro atoms. The summed E-state index contributed by atoms with van der Waals surface area (Å²) < 4.78 is 1.97. The van der Waals surface area contributed by atoms with E-state index in [4.69, 9.17) is 0 Å². The first-order valence-electron chi connectivity index (χ1n) is 11.8. The molecule has 2 heterocycles. The molecule has 7 nitrogen and oxygen atoms in total. The van der Waals surface area contributed by atoms with Gasteiger partial charge in [-0.2, -0.15) is 0 Å². The predicted molar refractivity (Wildman–Crippen MR) is 136 cm³/mol. The van der Waals surface area contributed by atoms with Crippen LogP contribution in [0.3, 0.4) is 0 Å². The average molecular weight is 496 g/mol. The number of fused-ring (bicyclic) bond motifs is 1. The molecule has 2 aliphatic carbocycles. The fraction of sp³-hybridized carbons (Fsp3) is 0.440. The van der Waals surface area contributed by atoms with Gasteiger partial charge in [0, 0.05) is 29.2 Å². The number of anilines is 1.